The summed E-state index contributed by atoms with van der Waals surface area (Å²) in [6.45, 7) is 3.53. The molecular weight excluding hydrogens is 263 g/mol. The van der Waals surface area contributed by atoms with Gasteiger partial charge >= 0.3 is 0 Å². The molecule has 2 aromatic rings. The first-order valence-electron chi connectivity index (χ1n) is 6.06. The number of rotatable bonds is 4. The number of hydrogen-bond donors (Lipinski definition) is 1. The molecule has 0 bridgehead atoms. The van der Waals surface area contributed by atoms with E-state index in [0.717, 1.165) is 5.56 Å². The van der Waals surface area contributed by atoms with Crippen LogP contribution in [0.5, 0.6) is 5.75 Å². The summed E-state index contributed by atoms with van der Waals surface area (Å²) in [7, 11) is 1.42. The van der Waals surface area contributed by atoms with E-state index in [1.807, 2.05) is 0 Å². The molecule has 0 unspecified atom stereocenters. The zero-order valence-corrected chi connectivity index (χ0v) is 11.5. The van der Waals surface area contributed by atoms with Gasteiger partial charge in [-0.05, 0) is 26.0 Å². The molecule has 106 valence electrons. The number of nitrogens with zero attached hydrogens (tertiary/aromatic N) is 1. The van der Waals surface area contributed by atoms with Crippen LogP contribution in [-0.2, 0) is 11.2 Å². The molecule has 0 spiro atoms. The Morgan fingerprint density at radius 3 is 2.80 bits per heavy atom. The zero-order valence-electron chi connectivity index (χ0n) is 11.5. The van der Waals surface area contributed by atoms with Crippen LogP contribution in [0.15, 0.2) is 22.7 Å². The highest BCUT2D eigenvalue weighted by Gasteiger charge is 2.15. The Balaban J connectivity index is 2.13. The van der Waals surface area contributed by atoms with Crippen molar-refractivity contribution < 1.29 is 18.4 Å². The number of hydrogen-bond acceptors (Lipinski definition) is 4. The van der Waals surface area contributed by atoms with E-state index in [2.05, 4.69) is 10.5 Å². The second-order valence-electron chi connectivity index (χ2n) is 4.37. The Kier molecular flexibility index (Phi) is 4.02. The summed E-state index contributed by atoms with van der Waals surface area (Å²) in [5, 5.41) is 6.47. The predicted molar refractivity (Wildman–Crippen MR) is 71.3 cm³/mol. The fraction of sp³-hybridized carbons (Fsp3) is 0.286. The van der Waals surface area contributed by atoms with Crippen molar-refractivity contribution in [2.24, 2.45) is 0 Å². The van der Waals surface area contributed by atoms with Gasteiger partial charge in [0.25, 0.3) is 0 Å². The summed E-state index contributed by atoms with van der Waals surface area (Å²) in [5.41, 5.74) is 1.86. The third-order valence-electron chi connectivity index (χ3n) is 2.96. The lowest BCUT2D eigenvalue weighted by atomic mass is 10.1. The topological polar surface area (TPSA) is 64.4 Å². The predicted octanol–water partition coefficient (Wildman–Crippen LogP) is 2.62. The van der Waals surface area contributed by atoms with Gasteiger partial charge in [-0.15, -0.1) is 0 Å². The van der Waals surface area contributed by atoms with Gasteiger partial charge in [-0.3, -0.25) is 4.79 Å². The van der Waals surface area contributed by atoms with Gasteiger partial charge in [0, 0.05) is 11.6 Å². The summed E-state index contributed by atoms with van der Waals surface area (Å²) in [6, 6.07) is 3.93. The maximum atomic E-state index is 13.1. The second-order valence-corrected chi connectivity index (χ2v) is 4.37. The van der Waals surface area contributed by atoms with Crippen LogP contribution < -0.4 is 10.1 Å². The van der Waals surface area contributed by atoms with Crippen LogP contribution in [0.3, 0.4) is 0 Å². The van der Waals surface area contributed by atoms with Gasteiger partial charge in [-0.1, -0.05) is 5.16 Å². The number of benzene rings is 1. The molecule has 1 N–H and O–H groups in total. The molecule has 2 rings (SSSR count). The number of nitrogens with one attached hydrogen (secondary N) is 1. The molecule has 0 aliphatic heterocycles. The van der Waals surface area contributed by atoms with E-state index in [1.165, 1.54) is 25.3 Å². The molecule has 0 saturated carbocycles. The molecule has 0 radical (unpaired) electrons. The van der Waals surface area contributed by atoms with Crippen LogP contribution in [-0.4, -0.2) is 18.2 Å². The van der Waals surface area contributed by atoms with Crippen molar-refractivity contribution in [3.63, 3.8) is 0 Å². The molecule has 1 amide bonds. The monoisotopic (exact) mass is 278 g/mol. The Morgan fingerprint density at radius 1 is 1.45 bits per heavy atom. The number of aryl methyl sites for hydroxylation is 2. The minimum absolute atomic E-state index is 0.141. The number of ether oxygens (including phenoxy) is 1. The van der Waals surface area contributed by atoms with E-state index < -0.39 is 5.82 Å². The second kappa shape index (κ2) is 5.73. The van der Waals surface area contributed by atoms with E-state index in [1.54, 1.807) is 13.8 Å². The van der Waals surface area contributed by atoms with Crippen LogP contribution in [0.1, 0.15) is 17.0 Å². The Bertz CT molecular complexity index is 618. The summed E-state index contributed by atoms with van der Waals surface area (Å²) in [6.07, 6.45) is 0.141. The van der Waals surface area contributed by atoms with Gasteiger partial charge in [-0.25, -0.2) is 4.39 Å². The molecule has 5 nitrogen and oxygen atoms in total. The Morgan fingerprint density at radius 2 is 2.20 bits per heavy atom. The summed E-state index contributed by atoms with van der Waals surface area (Å²) < 4.78 is 23.1. The fourth-order valence-corrected chi connectivity index (χ4v) is 1.88. The van der Waals surface area contributed by atoms with Crippen molar-refractivity contribution in [2.45, 2.75) is 20.3 Å². The number of carbonyl (C=O) groups is 1. The van der Waals surface area contributed by atoms with Crippen LogP contribution in [0.2, 0.25) is 0 Å². The first-order valence-corrected chi connectivity index (χ1v) is 6.06. The maximum absolute atomic E-state index is 13.1. The zero-order chi connectivity index (χ0) is 14.7. The molecule has 0 aliphatic rings. The fourth-order valence-electron chi connectivity index (χ4n) is 1.88. The molecule has 0 saturated heterocycles. The molecule has 1 heterocycles. The minimum Gasteiger partial charge on any atom is -0.494 e. The SMILES string of the molecule is COc1cc(F)ccc1NC(=O)Cc1c(C)noc1C. The first-order chi connectivity index (χ1) is 9.51. The third kappa shape index (κ3) is 2.96. The van der Waals surface area contributed by atoms with Crippen LogP contribution >= 0.6 is 0 Å². The highest BCUT2D eigenvalue weighted by Crippen LogP contribution is 2.25. The standard InChI is InChI=1S/C14H15FN2O3/c1-8-11(9(2)20-17-8)7-14(18)16-12-5-4-10(15)6-13(12)19-3/h4-6H,7H2,1-3H3,(H,16,18). The van der Waals surface area contributed by atoms with Crippen molar-refractivity contribution in [2.75, 3.05) is 12.4 Å². The first kappa shape index (κ1) is 14.0. The largest absolute Gasteiger partial charge is 0.494 e. The highest BCUT2D eigenvalue weighted by atomic mass is 19.1. The lowest BCUT2D eigenvalue weighted by Gasteiger charge is -2.10. The Hall–Kier alpha value is -2.37. The van der Waals surface area contributed by atoms with E-state index >= 15 is 0 Å². The molecular formula is C14H15FN2O3. The number of aromatic nitrogens is 1. The van der Waals surface area contributed by atoms with Crippen molar-refractivity contribution in [3.05, 3.63) is 41.0 Å². The van der Waals surface area contributed by atoms with Gasteiger partial charge in [0.05, 0.1) is 24.9 Å². The van der Waals surface area contributed by atoms with E-state index in [9.17, 15) is 9.18 Å². The van der Waals surface area contributed by atoms with Crippen LogP contribution in [0, 0.1) is 19.7 Å². The molecule has 6 heteroatoms. The third-order valence-corrected chi connectivity index (χ3v) is 2.96. The average molecular weight is 278 g/mol. The molecule has 1 aromatic heterocycles. The summed E-state index contributed by atoms with van der Waals surface area (Å²) in [4.78, 5) is 12.0. The Labute approximate surface area is 115 Å². The number of carbonyl (C=O) groups excluding carboxylic acids is 1. The number of anilines is 1. The van der Waals surface area contributed by atoms with Gasteiger partial charge in [0.2, 0.25) is 5.91 Å². The van der Waals surface area contributed by atoms with Crippen molar-refractivity contribution in [1.82, 2.24) is 5.16 Å². The quantitative estimate of drug-likeness (QED) is 0.933. The van der Waals surface area contributed by atoms with Gasteiger partial charge in [0.15, 0.2) is 0 Å². The van der Waals surface area contributed by atoms with Gasteiger partial charge in [-0.2, -0.15) is 0 Å². The van der Waals surface area contributed by atoms with Crippen molar-refractivity contribution in [3.8, 4) is 5.75 Å². The van der Waals surface area contributed by atoms with E-state index in [-0.39, 0.29) is 18.1 Å². The lowest BCUT2D eigenvalue weighted by molar-refractivity contribution is -0.115. The van der Waals surface area contributed by atoms with Crippen molar-refractivity contribution >= 4 is 11.6 Å². The number of amides is 1. The molecule has 0 fully saturated rings. The lowest BCUT2D eigenvalue weighted by Crippen LogP contribution is -2.15. The number of methoxy groups -OCH3 is 1. The van der Waals surface area contributed by atoms with Crippen LogP contribution in [0.25, 0.3) is 0 Å². The maximum Gasteiger partial charge on any atom is 0.229 e. The normalized spacial score (nSPS) is 10.4. The van der Waals surface area contributed by atoms with Gasteiger partial charge in [0.1, 0.15) is 17.3 Å². The molecule has 20 heavy (non-hydrogen) atoms. The molecule has 0 aliphatic carbocycles. The minimum atomic E-state index is -0.425. The summed E-state index contributed by atoms with van der Waals surface area (Å²) in [5.74, 6) is 0.218. The van der Waals surface area contributed by atoms with Crippen molar-refractivity contribution in [1.29, 1.82) is 0 Å². The molecule has 0 atom stereocenters. The highest BCUT2D eigenvalue weighted by molar-refractivity contribution is 5.93. The van der Waals surface area contributed by atoms with E-state index in [4.69, 9.17) is 9.26 Å². The average Bonchev–Trinajstić information content (AvgIpc) is 2.72. The summed E-state index contributed by atoms with van der Waals surface area (Å²) >= 11 is 0. The van der Waals surface area contributed by atoms with E-state index in [0.29, 0.717) is 17.1 Å². The molecule has 1 aromatic carbocycles. The number of halogens is 1. The van der Waals surface area contributed by atoms with Gasteiger partial charge < -0.3 is 14.6 Å². The smallest absolute Gasteiger partial charge is 0.229 e. The van der Waals surface area contributed by atoms with Crippen LogP contribution in [0.4, 0.5) is 10.1 Å².